The quantitative estimate of drug-likeness (QED) is 0.515. The highest BCUT2D eigenvalue weighted by atomic mass is 16.8. The van der Waals surface area contributed by atoms with Gasteiger partial charge in [-0.05, 0) is 34.1 Å². The van der Waals surface area contributed by atoms with Gasteiger partial charge in [0.15, 0.2) is 0 Å². The SMILES string of the molecule is CCCCOB1OC(C)(C)C(C)(C)O1. The van der Waals surface area contributed by atoms with Crippen LogP contribution in [0.15, 0.2) is 0 Å². The predicted molar refractivity (Wildman–Crippen MR) is 56.9 cm³/mol. The smallest absolute Gasteiger partial charge is 0.386 e. The molecule has 0 aromatic carbocycles. The number of unbranched alkanes of at least 4 members (excludes halogenated alkanes) is 1. The van der Waals surface area contributed by atoms with E-state index in [0.29, 0.717) is 6.61 Å². The minimum Gasteiger partial charge on any atom is -0.386 e. The van der Waals surface area contributed by atoms with E-state index in [1.807, 2.05) is 27.7 Å². The highest BCUT2D eigenvalue weighted by Crippen LogP contribution is 2.36. The molecule has 0 aliphatic carbocycles. The lowest BCUT2D eigenvalue weighted by atomic mass is 9.90. The van der Waals surface area contributed by atoms with Gasteiger partial charge in [0.05, 0.1) is 11.2 Å². The number of hydrogen-bond donors (Lipinski definition) is 0. The molecule has 0 bridgehead atoms. The Labute approximate surface area is 87.3 Å². The monoisotopic (exact) mass is 200 g/mol. The molecular weight excluding hydrogens is 179 g/mol. The van der Waals surface area contributed by atoms with Crippen LogP contribution in [0.25, 0.3) is 0 Å². The second-order valence-corrected chi connectivity index (χ2v) is 4.77. The zero-order chi connectivity index (χ0) is 10.8. The number of hydrogen-bond acceptors (Lipinski definition) is 3. The van der Waals surface area contributed by atoms with Gasteiger partial charge in [-0.2, -0.15) is 0 Å². The van der Waals surface area contributed by atoms with E-state index in [9.17, 15) is 0 Å². The van der Waals surface area contributed by atoms with Gasteiger partial charge < -0.3 is 14.0 Å². The van der Waals surface area contributed by atoms with Crippen molar-refractivity contribution in [2.75, 3.05) is 6.61 Å². The summed E-state index contributed by atoms with van der Waals surface area (Å²) in [7, 11) is -0.494. The van der Waals surface area contributed by atoms with Gasteiger partial charge in [0.25, 0.3) is 0 Å². The molecule has 1 aliphatic heterocycles. The molecular formula is C10H21BO3. The van der Waals surface area contributed by atoms with Crippen LogP contribution in [-0.2, 0) is 14.0 Å². The van der Waals surface area contributed by atoms with Crippen LogP contribution in [0.1, 0.15) is 47.5 Å². The van der Waals surface area contributed by atoms with Crippen molar-refractivity contribution in [2.45, 2.75) is 58.7 Å². The largest absolute Gasteiger partial charge is 0.640 e. The second kappa shape index (κ2) is 4.21. The summed E-state index contributed by atoms with van der Waals surface area (Å²) < 4.78 is 16.8. The Morgan fingerprint density at radius 1 is 1.07 bits per heavy atom. The van der Waals surface area contributed by atoms with Gasteiger partial charge in [0.2, 0.25) is 0 Å². The number of rotatable bonds is 4. The van der Waals surface area contributed by atoms with Crippen molar-refractivity contribution < 1.29 is 14.0 Å². The molecule has 0 N–H and O–H groups in total. The van der Waals surface area contributed by atoms with Gasteiger partial charge in [-0.25, -0.2) is 0 Å². The van der Waals surface area contributed by atoms with Gasteiger partial charge in [0.1, 0.15) is 0 Å². The summed E-state index contributed by atoms with van der Waals surface area (Å²) in [5, 5.41) is 0. The average Bonchev–Trinajstić information content (AvgIpc) is 2.21. The van der Waals surface area contributed by atoms with E-state index in [1.54, 1.807) is 0 Å². The molecule has 0 saturated carbocycles. The van der Waals surface area contributed by atoms with E-state index in [2.05, 4.69) is 6.92 Å². The molecule has 1 heterocycles. The first-order valence-corrected chi connectivity index (χ1v) is 5.36. The van der Waals surface area contributed by atoms with E-state index < -0.39 is 7.32 Å². The van der Waals surface area contributed by atoms with Crippen LogP contribution >= 0.6 is 0 Å². The van der Waals surface area contributed by atoms with Gasteiger partial charge in [0, 0.05) is 6.61 Å². The van der Waals surface area contributed by atoms with Crippen LogP contribution in [0.2, 0.25) is 0 Å². The van der Waals surface area contributed by atoms with Crippen molar-refractivity contribution in [3.63, 3.8) is 0 Å². The van der Waals surface area contributed by atoms with Crippen LogP contribution in [-0.4, -0.2) is 25.1 Å². The lowest BCUT2D eigenvalue weighted by Gasteiger charge is -2.31. The first-order valence-electron chi connectivity index (χ1n) is 5.36. The summed E-state index contributed by atoms with van der Waals surface area (Å²) >= 11 is 0. The summed E-state index contributed by atoms with van der Waals surface area (Å²) in [5.74, 6) is 0. The van der Waals surface area contributed by atoms with Crippen LogP contribution in [0.5, 0.6) is 0 Å². The third kappa shape index (κ3) is 2.50. The van der Waals surface area contributed by atoms with E-state index in [-0.39, 0.29) is 11.2 Å². The van der Waals surface area contributed by atoms with Gasteiger partial charge in [-0.15, -0.1) is 0 Å². The van der Waals surface area contributed by atoms with Crippen molar-refractivity contribution in [1.82, 2.24) is 0 Å². The molecule has 0 atom stereocenters. The van der Waals surface area contributed by atoms with Crippen molar-refractivity contribution in [3.05, 3.63) is 0 Å². The molecule has 1 aliphatic rings. The van der Waals surface area contributed by atoms with E-state index in [4.69, 9.17) is 14.0 Å². The maximum Gasteiger partial charge on any atom is 0.640 e. The van der Waals surface area contributed by atoms with E-state index in [1.165, 1.54) is 0 Å². The molecule has 0 aromatic rings. The third-order valence-electron chi connectivity index (χ3n) is 2.98. The van der Waals surface area contributed by atoms with Crippen molar-refractivity contribution in [3.8, 4) is 0 Å². The van der Waals surface area contributed by atoms with Gasteiger partial charge in [-0.3, -0.25) is 0 Å². The molecule has 1 fully saturated rings. The molecule has 1 saturated heterocycles. The minimum atomic E-state index is -0.494. The Morgan fingerprint density at radius 2 is 1.57 bits per heavy atom. The third-order valence-corrected chi connectivity index (χ3v) is 2.98. The molecule has 0 aromatic heterocycles. The molecule has 14 heavy (non-hydrogen) atoms. The van der Waals surface area contributed by atoms with Gasteiger partial charge in [-0.1, -0.05) is 13.3 Å². The summed E-state index contributed by atoms with van der Waals surface area (Å²) in [6.07, 6.45) is 2.17. The standard InChI is InChI=1S/C10H21BO3/c1-6-7-8-12-11-13-9(2,3)10(4,5)14-11/h6-8H2,1-5H3. The Morgan fingerprint density at radius 3 is 2.00 bits per heavy atom. The molecule has 82 valence electrons. The Bertz CT molecular complexity index is 176. The molecule has 0 spiro atoms. The summed E-state index contributed by atoms with van der Waals surface area (Å²) in [6, 6.07) is 0. The van der Waals surface area contributed by atoms with Crippen LogP contribution in [0.4, 0.5) is 0 Å². The van der Waals surface area contributed by atoms with Gasteiger partial charge >= 0.3 is 7.32 Å². The summed E-state index contributed by atoms with van der Waals surface area (Å²) in [5.41, 5.74) is -0.576. The fourth-order valence-corrected chi connectivity index (χ4v) is 1.18. The first-order chi connectivity index (χ1) is 6.39. The molecule has 0 radical (unpaired) electrons. The normalized spacial score (nSPS) is 24.2. The van der Waals surface area contributed by atoms with Crippen LogP contribution < -0.4 is 0 Å². The maximum atomic E-state index is 5.67. The highest BCUT2D eigenvalue weighted by molar-refractivity contribution is 6.37. The highest BCUT2D eigenvalue weighted by Gasteiger charge is 2.52. The predicted octanol–water partition coefficient (Wildman–Crippen LogP) is 2.39. The molecule has 0 amide bonds. The Balaban J connectivity index is 2.39. The maximum absolute atomic E-state index is 5.67. The zero-order valence-corrected chi connectivity index (χ0v) is 9.92. The molecule has 0 unspecified atom stereocenters. The molecule has 1 rings (SSSR count). The minimum absolute atomic E-state index is 0.288. The fraction of sp³-hybridized carbons (Fsp3) is 1.00. The lowest BCUT2D eigenvalue weighted by Crippen LogP contribution is -2.41. The van der Waals surface area contributed by atoms with Crippen LogP contribution in [0, 0.1) is 0 Å². The summed E-state index contributed by atoms with van der Waals surface area (Å²) in [6.45, 7) is 10.9. The zero-order valence-electron chi connectivity index (χ0n) is 9.92. The topological polar surface area (TPSA) is 27.7 Å². The summed E-state index contributed by atoms with van der Waals surface area (Å²) in [4.78, 5) is 0. The second-order valence-electron chi connectivity index (χ2n) is 4.77. The van der Waals surface area contributed by atoms with Crippen molar-refractivity contribution in [2.24, 2.45) is 0 Å². The average molecular weight is 200 g/mol. The Hall–Kier alpha value is -0.0551. The fourth-order valence-electron chi connectivity index (χ4n) is 1.18. The molecule has 3 nitrogen and oxygen atoms in total. The lowest BCUT2D eigenvalue weighted by molar-refractivity contribution is 0.00578. The Kier molecular flexibility index (Phi) is 3.61. The van der Waals surface area contributed by atoms with Crippen molar-refractivity contribution >= 4 is 7.32 Å². The van der Waals surface area contributed by atoms with E-state index >= 15 is 0 Å². The molecule has 4 heteroatoms. The first kappa shape index (κ1) is 12.0. The van der Waals surface area contributed by atoms with Crippen molar-refractivity contribution in [1.29, 1.82) is 0 Å². The van der Waals surface area contributed by atoms with E-state index in [0.717, 1.165) is 12.8 Å². The van der Waals surface area contributed by atoms with Crippen LogP contribution in [0.3, 0.4) is 0 Å².